The van der Waals surface area contributed by atoms with Gasteiger partial charge >= 0.3 is 0 Å². The van der Waals surface area contributed by atoms with Gasteiger partial charge in [0.25, 0.3) is 0 Å². The van der Waals surface area contributed by atoms with Crippen molar-refractivity contribution in [2.24, 2.45) is 0 Å². The lowest BCUT2D eigenvalue weighted by atomic mass is 10.2. The molecule has 0 bridgehead atoms. The third kappa shape index (κ3) is 2.91. The number of hydrogen-bond donors (Lipinski definition) is 2. The van der Waals surface area contributed by atoms with Crippen molar-refractivity contribution >= 4 is 21.4 Å². The van der Waals surface area contributed by atoms with Crippen LogP contribution >= 0.6 is 0 Å². The van der Waals surface area contributed by atoms with Crippen LogP contribution in [0.2, 0.25) is 0 Å². The van der Waals surface area contributed by atoms with Gasteiger partial charge in [-0.2, -0.15) is 0 Å². The molecule has 0 atom stereocenters. The Morgan fingerprint density at radius 2 is 2.00 bits per heavy atom. The SMILES string of the molecule is Nc1cc(NS(=O)(=O)C2CCOCC2)ccc1F. The number of anilines is 2. The number of nitrogens with one attached hydrogen (secondary N) is 1. The monoisotopic (exact) mass is 274 g/mol. The number of benzene rings is 1. The summed E-state index contributed by atoms with van der Waals surface area (Å²) in [7, 11) is -3.47. The summed E-state index contributed by atoms with van der Waals surface area (Å²) < 4.78 is 44.6. The highest BCUT2D eigenvalue weighted by molar-refractivity contribution is 7.93. The van der Waals surface area contributed by atoms with Crippen molar-refractivity contribution in [1.29, 1.82) is 0 Å². The van der Waals surface area contributed by atoms with E-state index in [1.54, 1.807) is 0 Å². The van der Waals surface area contributed by atoms with E-state index < -0.39 is 21.1 Å². The van der Waals surface area contributed by atoms with Crippen molar-refractivity contribution in [2.75, 3.05) is 23.7 Å². The van der Waals surface area contributed by atoms with Crippen molar-refractivity contribution in [3.8, 4) is 0 Å². The van der Waals surface area contributed by atoms with Gasteiger partial charge in [-0.05, 0) is 31.0 Å². The van der Waals surface area contributed by atoms with Crippen LogP contribution in [0.3, 0.4) is 0 Å². The minimum atomic E-state index is -3.47. The number of nitrogens with two attached hydrogens (primary N) is 1. The van der Waals surface area contributed by atoms with Crippen molar-refractivity contribution in [3.05, 3.63) is 24.0 Å². The second-order valence-corrected chi connectivity index (χ2v) is 6.16. The van der Waals surface area contributed by atoms with Crippen molar-refractivity contribution < 1.29 is 17.5 Å². The third-order valence-corrected chi connectivity index (χ3v) is 4.73. The van der Waals surface area contributed by atoms with Crippen LogP contribution in [0.4, 0.5) is 15.8 Å². The van der Waals surface area contributed by atoms with Gasteiger partial charge in [-0.25, -0.2) is 12.8 Å². The van der Waals surface area contributed by atoms with Gasteiger partial charge in [0.1, 0.15) is 5.82 Å². The molecule has 1 fully saturated rings. The molecule has 0 amide bonds. The van der Waals surface area contributed by atoms with Crippen LogP contribution in [0.1, 0.15) is 12.8 Å². The average molecular weight is 274 g/mol. The summed E-state index contributed by atoms with van der Waals surface area (Å²) in [4.78, 5) is 0. The van der Waals surface area contributed by atoms with Crippen molar-refractivity contribution in [2.45, 2.75) is 18.1 Å². The van der Waals surface area contributed by atoms with E-state index in [1.807, 2.05) is 0 Å². The molecule has 3 N–H and O–H groups in total. The summed E-state index contributed by atoms with van der Waals surface area (Å²) in [6.45, 7) is 0.883. The first-order chi connectivity index (χ1) is 8.49. The van der Waals surface area contributed by atoms with Crippen LogP contribution in [0.25, 0.3) is 0 Å². The molecule has 1 aliphatic heterocycles. The summed E-state index contributed by atoms with van der Waals surface area (Å²) in [6.07, 6.45) is 0.929. The minimum absolute atomic E-state index is 0.0813. The highest BCUT2D eigenvalue weighted by atomic mass is 32.2. The van der Waals surface area contributed by atoms with E-state index in [0.717, 1.165) is 6.07 Å². The van der Waals surface area contributed by atoms with Crippen molar-refractivity contribution in [3.63, 3.8) is 0 Å². The summed E-state index contributed by atoms with van der Waals surface area (Å²) in [5.41, 5.74) is 5.58. The molecule has 1 aromatic carbocycles. The fourth-order valence-electron chi connectivity index (χ4n) is 1.84. The first-order valence-electron chi connectivity index (χ1n) is 5.63. The largest absolute Gasteiger partial charge is 0.396 e. The van der Waals surface area contributed by atoms with Gasteiger partial charge in [-0.15, -0.1) is 0 Å². The minimum Gasteiger partial charge on any atom is -0.396 e. The third-order valence-electron chi connectivity index (χ3n) is 2.86. The van der Waals surface area contributed by atoms with E-state index in [4.69, 9.17) is 10.5 Å². The Kier molecular flexibility index (Phi) is 3.72. The van der Waals surface area contributed by atoms with Crippen LogP contribution in [0.15, 0.2) is 18.2 Å². The van der Waals surface area contributed by atoms with E-state index in [9.17, 15) is 12.8 Å². The van der Waals surface area contributed by atoms with E-state index in [-0.39, 0.29) is 11.4 Å². The molecule has 100 valence electrons. The number of nitrogen functional groups attached to an aromatic ring is 1. The fraction of sp³-hybridized carbons (Fsp3) is 0.455. The molecule has 0 aliphatic carbocycles. The second kappa shape index (κ2) is 5.11. The summed E-state index contributed by atoms with van der Waals surface area (Å²) in [6, 6.07) is 3.76. The highest BCUT2D eigenvalue weighted by Crippen LogP contribution is 2.21. The lowest BCUT2D eigenvalue weighted by Gasteiger charge is -2.22. The number of hydrogen-bond acceptors (Lipinski definition) is 4. The van der Waals surface area contributed by atoms with Crippen LogP contribution in [0, 0.1) is 5.82 Å². The Bertz CT molecular complexity index is 527. The van der Waals surface area contributed by atoms with Gasteiger partial charge in [0.2, 0.25) is 10.0 Å². The zero-order valence-electron chi connectivity index (χ0n) is 9.73. The maximum absolute atomic E-state index is 13.0. The Morgan fingerprint density at radius 1 is 1.33 bits per heavy atom. The highest BCUT2D eigenvalue weighted by Gasteiger charge is 2.27. The number of rotatable bonds is 3. The molecular formula is C11H15FN2O3S. The molecule has 2 rings (SSSR count). The van der Waals surface area contributed by atoms with Gasteiger partial charge in [0.05, 0.1) is 16.6 Å². The maximum atomic E-state index is 13.0. The van der Waals surface area contributed by atoms with Gasteiger partial charge < -0.3 is 10.5 Å². The quantitative estimate of drug-likeness (QED) is 0.815. The van der Waals surface area contributed by atoms with Gasteiger partial charge in [0, 0.05) is 13.2 Å². The summed E-state index contributed by atoms with van der Waals surface area (Å²) in [5.74, 6) is -0.566. The van der Waals surface area contributed by atoms with Crippen LogP contribution in [0.5, 0.6) is 0 Å². The average Bonchev–Trinajstić information content (AvgIpc) is 2.35. The van der Waals surface area contributed by atoms with Crippen LogP contribution < -0.4 is 10.5 Å². The molecule has 0 aromatic heterocycles. The maximum Gasteiger partial charge on any atom is 0.235 e. The molecule has 0 radical (unpaired) electrons. The van der Waals surface area contributed by atoms with E-state index in [0.29, 0.717) is 26.1 Å². The number of halogens is 1. The topological polar surface area (TPSA) is 81.4 Å². The van der Waals surface area contributed by atoms with Crippen LogP contribution in [-0.4, -0.2) is 26.9 Å². The molecule has 0 unspecified atom stereocenters. The number of ether oxygens (including phenoxy) is 1. The molecular weight excluding hydrogens is 259 g/mol. The lowest BCUT2D eigenvalue weighted by molar-refractivity contribution is 0.0984. The molecule has 18 heavy (non-hydrogen) atoms. The zero-order valence-corrected chi connectivity index (χ0v) is 10.5. The molecule has 5 nitrogen and oxygen atoms in total. The van der Waals surface area contributed by atoms with Crippen LogP contribution in [-0.2, 0) is 14.8 Å². The Morgan fingerprint density at radius 3 is 2.61 bits per heavy atom. The molecule has 0 spiro atoms. The Balaban J connectivity index is 2.13. The van der Waals surface area contributed by atoms with E-state index in [1.165, 1.54) is 12.1 Å². The predicted octanol–water partition coefficient (Wildman–Crippen LogP) is 1.33. The second-order valence-electron chi connectivity index (χ2n) is 4.20. The van der Waals surface area contributed by atoms with Gasteiger partial charge in [-0.3, -0.25) is 4.72 Å². The number of sulfonamides is 1. The van der Waals surface area contributed by atoms with E-state index >= 15 is 0 Å². The smallest absolute Gasteiger partial charge is 0.235 e. The van der Waals surface area contributed by atoms with Gasteiger partial charge in [0.15, 0.2) is 0 Å². The van der Waals surface area contributed by atoms with E-state index in [2.05, 4.69) is 4.72 Å². The fourth-order valence-corrected chi connectivity index (χ4v) is 3.28. The molecule has 0 saturated carbocycles. The lowest BCUT2D eigenvalue weighted by Crippen LogP contribution is -2.33. The normalized spacial score (nSPS) is 17.6. The van der Waals surface area contributed by atoms with Gasteiger partial charge in [-0.1, -0.05) is 0 Å². The zero-order chi connectivity index (χ0) is 13.2. The molecule has 1 aromatic rings. The Labute approximate surface area is 105 Å². The van der Waals surface area contributed by atoms with Crippen molar-refractivity contribution in [1.82, 2.24) is 0 Å². The first-order valence-corrected chi connectivity index (χ1v) is 7.18. The summed E-state index contributed by atoms with van der Waals surface area (Å²) >= 11 is 0. The molecule has 1 saturated heterocycles. The molecule has 1 heterocycles. The Hall–Kier alpha value is -1.34. The molecule has 1 aliphatic rings. The first kappa shape index (κ1) is 13.1. The predicted molar refractivity (Wildman–Crippen MR) is 67.2 cm³/mol. The molecule has 7 heteroatoms. The standard InChI is InChI=1S/C11H15FN2O3S/c12-10-2-1-8(7-11(10)13)14-18(15,16)9-3-5-17-6-4-9/h1-2,7,9,14H,3-6,13H2. The summed E-state index contributed by atoms with van der Waals surface area (Å²) in [5, 5.41) is -0.475.